The normalized spacial score (nSPS) is 10.2. The Morgan fingerprint density at radius 2 is 2.00 bits per heavy atom. The highest BCUT2D eigenvalue weighted by molar-refractivity contribution is 6.30. The second kappa shape index (κ2) is 3.70. The third-order valence-corrected chi connectivity index (χ3v) is 2.04. The molecule has 0 fully saturated rings. The van der Waals surface area contributed by atoms with E-state index in [1.807, 2.05) is 0 Å². The molecule has 0 aliphatic rings. The first-order chi connectivity index (χ1) is 7.16. The molecule has 1 aromatic carbocycles. The van der Waals surface area contributed by atoms with Crippen molar-refractivity contribution in [2.75, 3.05) is 0 Å². The van der Waals surface area contributed by atoms with E-state index in [1.165, 1.54) is 0 Å². The van der Waals surface area contributed by atoms with Crippen LogP contribution in [0.1, 0.15) is 10.6 Å². The number of aromatic carboxylic acids is 1. The summed E-state index contributed by atoms with van der Waals surface area (Å²) in [4.78, 5) is 14.3. The van der Waals surface area contributed by atoms with Gasteiger partial charge in [-0.1, -0.05) is 11.6 Å². The lowest BCUT2D eigenvalue weighted by atomic mass is 10.2. The minimum Gasteiger partial charge on any atom is -0.475 e. The minimum absolute atomic E-state index is 0.181. The van der Waals surface area contributed by atoms with E-state index in [-0.39, 0.29) is 5.82 Å². The Labute approximate surface area is 89.7 Å². The van der Waals surface area contributed by atoms with Crippen molar-refractivity contribution in [2.45, 2.75) is 0 Å². The molecule has 0 unspecified atom stereocenters. The van der Waals surface area contributed by atoms with Crippen LogP contribution in [0.25, 0.3) is 11.4 Å². The van der Waals surface area contributed by atoms with Crippen LogP contribution in [0, 0.1) is 0 Å². The molecule has 6 heteroatoms. The average molecular weight is 224 g/mol. The number of aromatic nitrogens is 3. The molecule has 1 aromatic heterocycles. The van der Waals surface area contributed by atoms with Gasteiger partial charge in [0.2, 0.25) is 5.82 Å². The molecule has 76 valence electrons. The SMILES string of the molecule is O=C(O)c1nc(-c2ccc(Cl)cc2)n[nH]1. The van der Waals surface area contributed by atoms with E-state index in [9.17, 15) is 4.79 Å². The molecule has 2 rings (SSSR count). The highest BCUT2D eigenvalue weighted by Crippen LogP contribution is 2.17. The van der Waals surface area contributed by atoms with Crippen molar-refractivity contribution in [3.63, 3.8) is 0 Å². The van der Waals surface area contributed by atoms with Crippen LogP contribution in [0.3, 0.4) is 0 Å². The fourth-order valence-corrected chi connectivity index (χ4v) is 1.21. The molecule has 0 aliphatic heterocycles. The Hall–Kier alpha value is -1.88. The molecule has 0 atom stereocenters. The van der Waals surface area contributed by atoms with Crippen molar-refractivity contribution in [3.8, 4) is 11.4 Å². The van der Waals surface area contributed by atoms with Crippen molar-refractivity contribution in [2.24, 2.45) is 0 Å². The fourth-order valence-electron chi connectivity index (χ4n) is 1.09. The first kappa shape index (κ1) is 9.67. The number of carboxylic acid groups (broad SMARTS) is 1. The Bertz CT molecular complexity index is 492. The van der Waals surface area contributed by atoms with Crippen LogP contribution in [0.2, 0.25) is 5.02 Å². The van der Waals surface area contributed by atoms with E-state index >= 15 is 0 Å². The molecule has 0 amide bonds. The lowest BCUT2D eigenvalue weighted by Gasteiger charge is -1.93. The molecule has 1 heterocycles. The van der Waals surface area contributed by atoms with Crippen LogP contribution in [0.4, 0.5) is 0 Å². The van der Waals surface area contributed by atoms with E-state index in [2.05, 4.69) is 15.2 Å². The summed E-state index contributed by atoms with van der Waals surface area (Å²) in [6.45, 7) is 0. The summed E-state index contributed by atoms with van der Waals surface area (Å²) >= 11 is 5.71. The van der Waals surface area contributed by atoms with E-state index in [0.29, 0.717) is 16.4 Å². The number of H-pyrrole nitrogens is 1. The monoisotopic (exact) mass is 223 g/mol. The Morgan fingerprint density at radius 1 is 1.33 bits per heavy atom. The van der Waals surface area contributed by atoms with Crippen molar-refractivity contribution in [3.05, 3.63) is 35.1 Å². The van der Waals surface area contributed by atoms with Gasteiger partial charge >= 0.3 is 5.97 Å². The topological polar surface area (TPSA) is 78.9 Å². The standard InChI is InChI=1S/C9H6ClN3O2/c10-6-3-1-5(2-4-6)7-11-8(9(14)15)13-12-7/h1-4H,(H,14,15)(H,11,12,13). The smallest absolute Gasteiger partial charge is 0.373 e. The van der Waals surface area contributed by atoms with Crippen molar-refractivity contribution >= 4 is 17.6 Å². The predicted molar refractivity (Wildman–Crippen MR) is 53.8 cm³/mol. The van der Waals surface area contributed by atoms with Gasteiger partial charge in [-0.3, -0.25) is 5.10 Å². The minimum atomic E-state index is -1.14. The number of nitrogens with one attached hydrogen (secondary N) is 1. The molecule has 0 aliphatic carbocycles. The summed E-state index contributed by atoms with van der Waals surface area (Å²) in [5, 5.41) is 15.3. The molecule has 0 radical (unpaired) electrons. The van der Waals surface area contributed by atoms with Crippen molar-refractivity contribution in [1.29, 1.82) is 0 Å². The van der Waals surface area contributed by atoms with Gasteiger partial charge in [-0.05, 0) is 24.3 Å². The molecular formula is C9H6ClN3O2. The van der Waals surface area contributed by atoms with Gasteiger partial charge in [-0.15, -0.1) is 0 Å². The van der Waals surface area contributed by atoms with Crippen LogP contribution in [-0.2, 0) is 0 Å². The molecule has 5 nitrogen and oxygen atoms in total. The lowest BCUT2D eigenvalue weighted by Crippen LogP contribution is -1.98. The zero-order valence-corrected chi connectivity index (χ0v) is 8.19. The maximum atomic E-state index is 10.5. The summed E-state index contributed by atoms with van der Waals surface area (Å²) in [5.41, 5.74) is 0.711. The van der Waals surface area contributed by atoms with Gasteiger partial charge in [0.25, 0.3) is 0 Å². The Kier molecular flexibility index (Phi) is 2.39. The van der Waals surface area contributed by atoms with Crippen LogP contribution in [0.5, 0.6) is 0 Å². The molecular weight excluding hydrogens is 218 g/mol. The molecule has 0 bridgehead atoms. The number of rotatable bonds is 2. The molecule has 15 heavy (non-hydrogen) atoms. The van der Waals surface area contributed by atoms with E-state index in [1.54, 1.807) is 24.3 Å². The van der Waals surface area contributed by atoms with Crippen molar-refractivity contribution in [1.82, 2.24) is 15.2 Å². The van der Waals surface area contributed by atoms with Crippen LogP contribution in [-0.4, -0.2) is 26.3 Å². The summed E-state index contributed by atoms with van der Waals surface area (Å²) in [7, 11) is 0. The highest BCUT2D eigenvalue weighted by atomic mass is 35.5. The van der Waals surface area contributed by atoms with Crippen LogP contribution >= 0.6 is 11.6 Å². The van der Waals surface area contributed by atoms with Gasteiger partial charge in [0.05, 0.1) is 0 Å². The van der Waals surface area contributed by atoms with Gasteiger partial charge in [0, 0.05) is 10.6 Å². The van der Waals surface area contributed by atoms with Crippen LogP contribution in [0.15, 0.2) is 24.3 Å². The average Bonchev–Trinajstić information content (AvgIpc) is 2.68. The van der Waals surface area contributed by atoms with E-state index in [4.69, 9.17) is 16.7 Å². The first-order valence-electron chi connectivity index (χ1n) is 4.08. The predicted octanol–water partition coefficient (Wildman–Crippen LogP) is 1.82. The van der Waals surface area contributed by atoms with Gasteiger partial charge < -0.3 is 5.11 Å². The molecule has 0 saturated carbocycles. The first-order valence-corrected chi connectivity index (χ1v) is 4.46. The van der Waals surface area contributed by atoms with Gasteiger partial charge in [0.1, 0.15) is 0 Å². The van der Waals surface area contributed by atoms with Crippen molar-refractivity contribution < 1.29 is 9.90 Å². The van der Waals surface area contributed by atoms with Gasteiger partial charge in [0.15, 0.2) is 5.82 Å². The zero-order valence-electron chi connectivity index (χ0n) is 7.44. The number of aromatic amines is 1. The second-order valence-corrected chi connectivity index (χ2v) is 3.26. The summed E-state index contributed by atoms with van der Waals surface area (Å²) in [6.07, 6.45) is 0. The van der Waals surface area contributed by atoms with E-state index < -0.39 is 5.97 Å². The molecule has 2 aromatic rings. The molecule has 0 saturated heterocycles. The summed E-state index contributed by atoms with van der Waals surface area (Å²) in [5.74, 6) is -0.980. The number of hydrogen-bond donors (Lipinski definition) is 2. The summed E-state index contributed by atoms with van der Waals surface area (Å²) < 4.78 is 0. The maximum Gasteiger partial charge on any atom is 0.373 e. The molecule has 2 N–H and O–H groups in total. The van der Waals surface area contributed by atoms with E-state index in [0.717, 1.165) is 0 Å². The van der Waals surface area contributed by atoms with Gasteiger partial charge in [-0.25, -0.2) is 9.78 Å². The number of carboxylic acids is 1. The third-order valence-electron chi connectivity index (χ3n) is 1.79. The number of nitrogens with zero attached hydrogens (tertiary/aromatic N) is 2. The number of carbonyl (C=O) groups is 1. The number of halogens is 1. The zero-order chi connectivity index (χ0) is 10.8. The molecule has 0 spiro atoms. The Morgan fingerprint density at radius 3 is 2.53 bits per heavy atom. The third kappa shape index (κ3) is 1.97. The quantitative estimate of drug-likeness (QED) is 0.814. The second-order valence-electron chi connectivity index (χ2n) is 2.82. The summed E-state index contributed by atoms with van der Waals surface area (Å²) in [6, 6.07) is 6.82. The van der Waals surface area contributed by atoms with Crippen LogP contribution < -0.4 is 0 Å². The number of hydrogen-bond acceptors (Lipinski definition) is 3. The number of benzene rings is 1. The lowest BCUT2D eigenvalue weighted by molar-refractivity contribution is 0.0684. The Balaban J connectivity index is 2.37. The highest BCUT2D eigenvalue weighted by Gasteiger charge is 2.10. The largest absolute Gasteiger partial charge is 0.475 e. The van der Waals surface area contributed by atoms with Gasteiger partial charge in [-0.2, -0.15) is 5.10 Å². The fraction of sp³-hybridized carbons (Fsp3) is 0. The maximum absolute atomic E-state index is 10.5.